The zero-order valence-corrected chi connectivity index (χ0v) is 12.7. The van der Waals surface area contributed by atoms with Crippen molar-refractivity contribution >= 4 is 29.9 Å². The molecule has 0 unspecified atom stereocenters. The molecule has 0 spiro atoms. The quantitative estimate of drug-likeness (QED) is 0.458. The van der Waals surface area contributed by atoms with Crippen LogP contribution in [-0.2, 0) is 4.74 Å². The molecule has 0 aliphatic heterocycles. The number of aliphatic imine (C=N–C) groups is 1. The zero-order chi connectivity index (χ0) is 11.0. The third-order valence-electron chi connectivity index (χ3n) is 2.00. The van der Waals surface area contributed by atoms with Crippen LogP contribution in [0.5, 0.6) is 0 Å². The van der Waals surface area contributed by atoms with E-state index in [2.05, 4.69) is 22.5 Å². The van der Waals surface area contributed by atoms with Gasteiger partial charge in [-0.2, -0.15) is 0 Å². The maximum Gasteiger partial charge on any atom is 0.191 e. The summed E-state index contributed by atoms with van der Waals surface area (Å²) in [5, 5.41) is 6.41. The summed E-state index contributed by atoms with van der Waals surface area (Å²) in [6, 6.07) is 0. The summed E-state index contributed by atoms with van der Waals surface area (Å²) in [7, 11) is 3.48. The van der Waals surface area contributed by atoms with Crippen molar-refractivity contribution in [3.63, 3.8) is 0 Å². The van der Waals surface area contributed by atoms with Gasteiger partial charge in [0, 0.05) is 27.2 Å². The molecule has 5 heteroatoms. The van der Waals surface area contributed by atoms with Crippen LogP contribution in [0.3, 0.4) is 0 Å². The lowest BCUT2D eigenvalue weighted by molar-refractivity contribution is 0.0268. The molecule has 0 rings (SSSR count). The van der Waals surface area contributed by atoms with E-state index in [1.807, 2.05) is 13.8 Å². The number of guanidine groups is 1. The summed E-state index contributed by atoms with van der Waals surface area (Å²) >= 11 is 0. The van der Waals surface area contributed by atoms with E-state index in [0.29, 0.717) is 0 Å². The van der Waals surface area contributed by atoms with Crippen LogP contribution in [-0.4, -0.2) is 38.8 Å². The lowest BCUT2D eigenvalue weighted by Gasteiger charge is -2.24. The van der Waals surface area contributed by atoms with E-state index in [1.54, 1.807) is 14.2 Å². The molecule has 92 valence electrons. The number of hydrogen-bond acceptors (Lipinski definition) is 2. The van der Waals surface area contributed by atoms with E-state index < -0.39 is 0 Å². The van der Waals surface area contributed by atoms with Gasteiger partial charge >= 0.3 is 0 Å². The third-order valence-corrected chi connectivity index (χ3v) is 2.00. The summed E-state index contributed by atoms with van der Waals surface area (Å²) in [4.78, 5) is 4.10. The van der Waals surface area contributed by atoms with E-state index in [9.17, 15) is 0 Å². The monoisotopic (exact) mass is 329 g/mol. The Bertz CT molecular complexity index is 184. The number of rotatable bonds is 5. The Kier molecular flexibility index (Phi) is 10.7. The first-order chi connectivity index (χ1) is 6.55. The second kappa shape index (κ2) is 9.21. The molecule has 0 aromatic rings. The van der Waals surface area contributed by atoms with Gasteiger partial charge in [0.05, 0.1) is 5.60 Å². The molecule has 0 aliphatic rings. The smallest absolute Gasteiger partial charge is 0.191 e. The summed E-state index contributed by atoms with van der Waals surface area (Å²) in [6.07, 6.45) is 1.09. The molecule has 0 fully saturated rings. The molecular formula is C10H24IN3O. The largest absolute Gasteiger partial charge is 0.377 e. The number of methoxy groups -OCH3 is 1. The Morgan fingerprint density at radius 2 is 1.93 bits per heavy atom. The number of hydrogen-bond donors (Lipinski definition) is 2. The van der Waals surface area contributed by atoms with Gasteiger partial charge in [0.15, 0.2) is 5.96 Å². The molecule has 2 N–H and O–H groups in total. The van der Waals surface area contributed by atoms with Crippen LogP contribution in [0.25, 0.3) is 0 Å². The van der Waals surface area contributed by atoms with Crippen LogP contribution >= 0.6 is 24.0 Å². The fourth-order valence-corrected chi connectivity index (χ4v) is 0.833. The molecule has 0 atom stereocenters. The first kappa shape index (κ1) is 17.4. The molecule has 0 heterocycles. The molecule has 15 heavy (non-hydrogen) atoms. The van der Waals surface area contributed by atoms with Crippen LogP contribution in [0.4, 0.5) is 0 Å². The lowest BCUT2D eigenvalue weighted by Crippen LogP contribution is -2.45. The minimum Gasteiger partial charge on any atom is -0.377 e. The predicted molar refractivity (Wildman–Crippen MR) is 76.2 cm³/mol. The highest BCUT2D eigenvalue weighted by Crippen LogP contribution is 2.04. The van der Waals surface area contributed by atoms with Gasteiger partial charge in [0.2, 0.25) is 0 Å². The Balaban J connectivity index is 0. The highest BCUT2D eigenvalue weighted by Gasteiger charge is 2.16. The molecule has 4 nitrogen and oxygen atoms in total. The molecule has 0 radical (unpaired) electrons. The highest BCUT2D eigenvalue weighted by atomic mass is 127. The van der Waals surface area contributed by atoms with Crippen molar-refractivity contribution in [2.75, 3.05) is 27.2 Å². The van der Waals surface area contributed by atoms with Crippen LogP contribution in [0, 0.1) is 0 Å². The molecular weight excluding hydrogens is 305 g/mol. The van der Waals surface area contributed by atoms with Gasteiger partial charge in [-0.3, -0.25) is 4.99 Å². The molecule has 0 aromatic carbocycles. The van der Waals surface area contributed by atoms with Crippen LogP contribution in [0.2, 0.25) is 0 Å². The number of halogens is 1. The highest BCUT2D eigenvalue weighted by molar-refractivity contribution is 14.0. The van der Waals surface area contributed by atoms with E-state index >= 15 is 0 Å². The van der Waals surface area contributed by atoms with Gasteiger partial charge in [-0.15, -0.1) is 24.0 Å². The van der Waals surface area contributed by atoms with E-state index in [0.717, 1.165) is 25.5 Å². The standard InChI is InChI=1S/C10H23N3O.HI/c1-6-7-12-9(11-4)13-8-10(2,3)14-5;/h6-8H2,1-5H3,(H2,11,12,13);1H. The van der Waals surface area contributed by atoms with Gasteiger partial charge in [-0.25, -0.2) is 0 Å². The van der Waals surface area contributed by atoms with Crippen molar-refractivity contribution in [1.82, 2.24) is 10.6 Å². The summed E-state index contributed by atoms with van der Waals surface area (Å²) in [6.45, 7) is 7.87. The SMILES string of the molecule is CCCNC(=NC)NCC(C)(C)OC.I. The topological polar surface area (TPSA) is 45.7 Å². The van der Waals surface area contributed by atoms with Crippen molar-refractivity contribution in [3.05, 3.63) is 0 Å². The first-order valence-corrected chi connectivity index (χ1v) is 5.05. The van der Waals surface area contributed by atoms with Gasteiger partial charge in [0.25, 0.3) is 0 Å². The Labute approximate surface area is 110 Å². The number of ether oxygens (including phenoxy) is 1. The van der Waals surface area contributed by atoms with Crippen LogP contribution in [0.1, 0.15) is 27.2 Å². The fraction of sp³-hybridized carbons (Fsp3) is 0.900. The molecule has 0 aromatic heterocycles. The van der Waals surface area contributed by atoms with Crippen molar-refractivity contribution in [1.29, 1.82) is 0 Å². The second-order valence-electron chi connectivity index (χ2n) is 3.82. The Morgan fingerprint density at radius 1 is 1.33 bits per heavy atom. The van der Waals surface area contributed by atoms with Gasteiger partial charge < -0.3 is 15.4 Å². The maximum atomic E-state index is 5.29. The minimum absolute atomic E-state index is 0. The molecule has 0 bridgehead atoms. The van der Waals surface area contributed by atoms with Crippen molar-refractivity contribution in [3.8, 4) is 0 Å². The average molecular weight is 329 g/mol. The molecule has 0 aliphatic carbocycles. The fourth-order valence-electron chi connectivity index (χ4n) is 0.833. The van der Waals surface area contributed by atoms with Crippen LogP contribution in [0.15, 0.2) is 4.99 Å². The number of nitrogens with zero attached hydrogens (tertiary/aromatic N) is 1. The van der Waals surface area contributed by atoms with Crippen LogP contribution < -0.4 is 10.6 Å². The predicted octanol–water partition coefficient (Wildman–Crippen LogP) is 1.60. The lowest BCUT2D eigenvalue weighted by atomic mass is 10.1. The van der Waals surface area contributed by atoms with Crippen molar-refractivity contribution in [2.24, 2.45) is 4.99 Å². The summed E-state index contributed by atoms with van der Waals surface area (Å²) in [5.41, 5.74) is -0.163. The Morgan fingerprint density at radius 3 is 2.33 bits per heavy atom. The van der Waals surface area contributed by atoms with Gasteiger partial charge in [-0.1, -0.05) is 6.92 Å². The van der Waals surface area contributed by atoms with Crippen molar-refractivity contribution < 1.29 is 4.74 Å². The first-order valence-electron chi connectivity index (χ1n) is 5.05. The number of nitrogens with one attached hydrogen (secondary N) is 2. The van der Waals surface area contributed by atoms with Gasteiger partial charge in [-0.05, 0) is 20.3 Å². The molecule has 0 amide bonds. The van der Waals surface area contributed by atoms with Crippen molar-refractivity contribution in [2.45, 2.75) is 32.8 Å². The van der Waals surface area contributed by atoms with E-state index in [-0.39, 0.29) is 29.6 Å². The molecule has 0 saturated heterocycles. The Hall–Kier alpha value is -0.0400. The zero-order valence-electron chi connectivity index (χ0n) is 10.4. The minimum atomic E-state index is -0.163. The third kappa shape index (κ3) is 8.92. The normalized spacial score (nSPS) is 11.9. The second-order valence-corrected chi connectivity index (χ2v) is 3.82. The molecule has 0 saturated carbocycles. The van der Waals surface area contributed by atoms with E-state index in [1.165, 1.54) is 0 Å². The van der Waals surface area contributed by atoms with Gasteiger partial charge in [0.1, 0.15) is 0 Å². The summed E-state index contributed by atoms with van der Waals surface area (Å²) in [5.74, 6) is 0.831. The average Bonchev–Trinajstić information content (AvgIpc) is 2.18. The summed E-state index contributed by atoms with van der Waals surface area (Å²) < 4.78 is 5.29. The maximum absolute atomic E-state index is 5.29. The van der Waals surface area contributed by atoms with E-state index in [4.69, 9.17) is 4.74 Å².